The van der Waals surface area contributed by atoms with Crippen LogP contribution < -0.4 is 0 Å². The molecule has 0 saturated heterocycles. The first-order valence-electron chi connectivity index (χ1n) is 4.29. The quantitative estimate of drug-likeness (QED) is 0.685. The maximum atomic E-state index is 11.3. The van der Waals surface area contributed by atoms with Crippen LogP contribution in [0.4, 0.5) is 0 Å². The van der Waals surface area contributed by atoms with Gasteiger partial charge in [0, 0.05) is 0 Å². The maximum absolute atomic E-state index is 11.3. The molecule has 0 fully saturated rings. The topological polar surface area (TPSA) is 63.6 Å². The van der Waals surface area contributed by atoms with Gasteiger partial charge in [0.1, 0.15) is 0 Å². The van der Waals surface area contributed by atoms with Crippen molar-refractivity contribution in [1.82, 2.24) is 0 Å². The molecule has 0 bridgehead atoms. The van der Waals surface area contributed by atoms with Gasteiger partial charge in [-0.1, -0.05) is 0 Å². The third-order valence-corrected chi connectivity index (χ3v) is 3.28. The van der Waals surface area contributed by atoms with E-state index in [9.17, 15) is 13.5 Å². The Balaban J connectivity index is 4.35. The summed E-state index contributed by atoms with van der Waals surface area (Å²) < 4.78 is 27.1. The summed E-state index contributed by atoms with van der Waals surface area (Å²) >= 11 is 0. The lowest BCUT2D eigenvalue weighted by Gasteiger charge is -2.21. The Morgan fingerprint density at radius 3 is 2.23 bits per heavy atom. The Kier molecular flexibility index (Phi) is 4.35. The van der Waals surface area contributed by atoms with Gasteiger partial charge >= 0.3 is 0 Å². The van der Waals surface area contributed by atoms with E-state index < -0.39 is 21.0 Å². The van der Waals surface area contributed by atoms with Gasteiger partial charge in [0.2, 0.25) is 0 Å². The fourth-order valence-electron chi connectivity index (χ4n) is 1.09. The molecule has 13 heavy (non-hydrogen) atoms. The van der Waals surface area contributed by atoms with Gasteiger partial charge in [-0.2, -0.15) is 8.42 Å². The van der Waals surface area contributed by atoms with Gasteiger partial charge in [-0.25, -0.2) is 0 Å². The Morgan fingerprint density at radius 2 is 1.92 bits per heavy atom. The van der Waals surface area contributed by atoms with Crippen LogP contribution in [0.15, 0.2) is 0 Å². The van der Waals surface area contributed by atoms with Gasteiger partial charge < -0.3 is 5.11 Å². The zero-order chi connectivity index (χ0) is 10.7. The fraction of sp³-hybridized carbons (Fsp3) is 1.00. The molecule has 5 heteroatoms. The lowest BCUT2D eigenvalue weighted by molar-refractivity contribution is 0.0699. The predicted molar refractivity (Wildman–Crippen MR) is 50.9 cm³/mol. The number of hydrogen-bond acceptors (Lipinski definition) is 4. The van der Waals surface area contributed by atoms with E-state index in [-0.39, 0.29) is 13.0 Å². The summed E-state index contributed by atoms with van der Waals surface area (Å²) in [4.78, 5) is 0. The second-order valence-corrected chi connectivity index (χ2v) is 5.75. The number of rotatable bonds is 5. The average Bonchev–Trinajstić information content (AvgIpc) is 1.82. The Hall–Kier alpha value is -0.130. The highest BCUT2D eigenvalue weighted by Crippen LogP contribution is 2.17. The minimum atomic E-state index is -3.50. The van der Waals surface area contributed by atoms with Crippen LogP contribution in [0.1, 0.15) is 34.1 Å². The normalized spacial score (nSPS) is 15.8. The third-order valence-electron chi connectivity index (χ3n) is 1.56. The molecule has 0 radical (unpaired) electrons. The molecule has 0 aromatic carbocycles. The van der Waals surface area contributed by atoms with Crippen molar-refractivity contribution in [1.29, 1.82) is 0 Å². The summed E-state index contributed by atoms with van der Waals surface area (Å²) in [7, 11) is -3.50. The standard InChI is InChI=1S/C8H18O4S/c1-5-12-13(10,11)7(2)6-8(3,4)9/h7,9H,5-6H2,1-4H3. The van der Waals surface area contributed by atoms with Gasteiger partial charge in [-0.05, 0) is 34.1 Å². The van der Waals surface area contributed by atoms with Crippen molar-refractivity contribution < 1.29 is 17.7 Å². The first-order chi connectivity index (χ1) is 5.69. The summed E-state index contributed by atoms with van der Waals surface area (Å²) in [5.74, 6) is 0. The van der Waals surface area contributed by atoms with Crippen molar-refractivity contribution in [2.45, 2.75) is 45.0 Å². The summed E-state index contributed by atoms with van der Waals surface area (Å²) in [6, 6.07) is 0. The van der Waals surface area contributed by atoms with Crippen LogP contribution in [0.5, 0.6) is 0 Å². The molecule has 0 aliphatic rings. The van der Waals surface area contributed by atoms with Crippen LogP contribution in [-0.4, -0.2) is 31.0 Å². The van der Waals surface area contributed by atoms with Gasteiger partial charge in [-0.15, -0.1) is 0 Å². The zero-order valence-corrected chi connectivity index (χ0v) is 9.39. The smallest absolute Gasteiger partial charge is 0.270 e. The average molecular weight is 210 g/mol. The highest BCUT2D eigenvalue weighted by molar-refractivity contribution is 7.87. The summed E-state index contributed by atoms with van der Waals surface area (Å²) in [6.45, 7) is 6.44. The first kappa shape index (κ1) is 12.9. The number of hydrogen-bond donors (Lipinski definition) is 1. The van der Waals surface area contributed by atoms with Crippen molar-refractivity contribution >= 4 is 10.1 Å². The van der Waals surface area contributed by atoms with Crippen molar-refractivity contribution in [2.75, 3.05) is 6.61 Å². The van der Waals surface area contributed by atoms with E-state index in [0.717, 1.165) is 0 Å². The highest BCUT2D eigenvalue weighted by atomic mass is 32.2. The Bertz CT molecular complexity index is 237. The largest absolute Gasteiger partial charge is 0.390 e. The van der Waals surface area contributed by atoms with Crippen LogP contribution in [0, 0.1) is 0 Å². The molecule has 0 aromatic heterocycles. The molecule has 0 aliphatic carbocycles. The lowest BCUT2D eigenvalue weighted by atomic mass is 10.0. The summed E-state index contributed by atoms with van der Waals surface area (Å²) in [5.41, 5.74) is -0.983. The molecular formula is C8H18O4S. The Labute approximate surface area is 80.0 Å². The minimum absolute atomic E-state index is 0.137. The molecule has 0 heterocycles. The fourth-order valence-corrected chi connectivity index (χ4v) is 2.26. The second kappa shape index (κ2) is 4.39. The molecule has 4 nitrogen and oxygen atoms in total. The molecule has 1 unspecified atom stereocenters. The van der Waals surface area contributed by atoms with Crippen LogP contribution in [0.25, 0.3) is 0 Å². The predicted octanol–water partition coefficient (Wildman–Crippen LogP) is 0.902. The third kappa shape index (κ3) is 5.23. The van der Waals surface area contributed by atoms with Crippen molar-refractivity contribution in [3.05, 3.63) is 0 Å². The van der Waals surface area contributed by atoms with E-state index in [1.807, 2.05) is 0 Å². The SMILES string of the molecule is CCOS(=O)(=O)C(C)CC(C)(C)O. The molecular weight excluding hydrogens is 192 g/mol. The molecule has 0 aliphatic heterocycles. The molecule has 0 saturated carbocycles. The van der Waals surface area contributed by atoms with Crippen LogP contribution in [0.3, 0.4) is 0 Å². The number of aliphatic hydroxyl groups is 1. The zero-order valence-electron chi connectivity index (χ0n) is 8.57. The van der Waals surface area contributed by atoms with Gasteiger partial charge in [-0.3, -0.25) is 4.18 Å². The van der Waals surface area contributed by atoms with Crippen molar-refractivity contribution in [2.24, 2.45) is 0 Å². The maximum Gasteiger partial charge on any atom is 0.270 e. The van der Waals surface area contributed by atoms with E-state index in [2.05, 4.69) is 4.18 Å². The molecule has 0 aromatic rings. The molecule has 1 atom stereocenters. The van der Waals surface area contributed by atoms with E-state index in [1.54, 1.807) is 20.8 Å². The van der Waals surface area contributed by atoms with Gasteiger partial charge in [0.05, 0.1) is 17.5 Å². The second-order valence-electron chi connectivity index (χ2n) is 3.73. The van der Waals surface area contributed by atoms with E-state index in [4.69, 9.17) is 0 Å². The van der Waals surface area contributed by atoms with Gasteiger partial charge in [0.15, 0.2) is 0 Å². The van der Waals surface area contributed by atoms with Crippen LogP contribution in [-0.2, 0) is 14.3 Å². The van der Waals surface area contributed by atoms with Crippen molar-refractivity contribution in [3.8, 4) is 0 Å². The molecule has 1 N–H and O–H groups in total. The first-order valence-corrected chi connectivity index (χ1v) is 5.77. The van der Waals surface area contributed by atoms with Crippen LogP contribution >= 0.6 is 0 Å². The van der Waals surface area contributed by atoms with Crippen molar-refractivity contribution in [3.63, 3.8) is 0 Å². The molecule has 0 amide bonds. The van der Waals surface area contributed by atoms with E-state index in [0.29, 0.717) is 0 Å². The molecule has 80 valence electrons. The summed E-state index contributed by atoms with van der Waals surface area (Å²) in [5, 5.41) is 8.73. The molecule has 0 spiro atoms. The van der Waals surface area contributed by atoms with E-state index in [1.165, 1.54) is 6.92 Å². The summed E-state index contributed by atoms with van der Waals surface area (Å²) in [6.07, 6.45) is 0.176. The van der Waals surface area contributed by atoms with Gasteiger partial charge in [0.25, 0.3) is 10.1 Å². The monoisotopic (exact) mass is 210 g/mol. The minimum Gasteiger partial charge on any atom is -0.390 e. The Morgan fingerprint density at radius 1 is 1.46 bits per heavy atom. The van der Waals surface area contributed by atoms with E-state index >= 15 is 0 Å². The molecule has 0 rings (SSSR count). The van der Waals surface area contributed by atoms with Crippen LogP contribution in [0.2, 0.25) is 0 Å². The lowest BCUT2D eigenvalue weighted by Crippen LogP contribution is -2.30. The highest BCUT2D eigenvalue weighted by Gasteiger charge is 2.27.